The third-order valence-electron chi connectivity index (χ3n) is 6.89. The molecule has 1 heterocycles. The summed E-state index contributed by atoms with van der Waals surface area (Å²) in [5, 5.41) is -0.349. The third kappa shape index (κ3) is 8.04. The summed E-state index contributed by atoms with van der Waals surface area (Å²) in [6.45, 7) is 5.25. The predicted molar refractivity (Wildman–Crippen MR) is 159 cm³/mol. The van der Waals surface area contributed by atoms with E-state index in [2.05, 4.69) is 6.92 Å². The molecule has 1 aliphatic rings. The third-order valence-corrected chi connectivity index (χ3v) is 8.06. The number of hydrogen-bond donors (Lipinski definition) is 0. The molecule has 1 saturated heterocycles. The van der Waals surface area contributed by atoms with E-state index >= 15 is 0 Å². The Morgan fingerprint density at radius 2 is 1.55 bits per heavy atom. The molecule has 0 amide bonds. The lowest BCUT2D eigenvalue weighted by Crippen LogP contribution is -2.27. The van der Waals surface area contributed by atoms with Crippen LogP contribution in [0.25, 0.3) is 0 Å². The molecule has 2 atom stereocenters. The first-order valence-electron chi connectivity index (χ1n) is 14.0. The number of rotatable bonds is 14. The molecule has 1 fully saturated rings. The lowest BCUT2D eigenvalue weighted by Gasteiger charge is -2.26. The monoisotopic (exact) mass is 562 g/mol. The van der Waals surface area contributed by atoms with Crippen LogP contribution < -0.4 is 18.9 Å². The Kier molecular flexibility index (Phi) is 10.9. The quantitative estimate of drug-likeness (QED) is 0.184. The van der Waals surface area contributed by atoms with Crippen molar-refractivity contribution < 1.29 is 28.5 Å². The van der Waals surface area contributed by atoms with Gasteiger partial charge in [-0.25, -0.2) is 0 Å². The van der Waals surface area contributed by atoms with Crippen LogP contribution in [0.5, 0.6) is 28.7 Å². The van der Waals surface area contributed by atoms with Crippen molar-refractivity contribution in [2.45, 2.75) is 57.6 Å². The summed E-state index contributed by atoms with van der Waals surface area (Å²) in [5.41, 5.74) is 1.96. The van der Waals surface area contributed by atoms with Gasteiger partial charge < -0.3 is 18.9 Å². The number of aryl methyl sites for hydroxylation is 1. The molecule has 0 spiro atoms. The molecule has 0 aliphatic carbocycles. The van der Waals surface area contributed by atoms with Crippen molar-refractivity contribution in [1.29, 1.82) is 0 Å². The standard InChI is InChI=1S/C33H38O6S/c1-4-9-24-20-29(39-27-14-12-26(36-3)13-15-27)16-17-30(24)38-19-7-6-18-37-28-11-8-10-25(21-28)33-32(35)23(5-2)22-31(34)40-33/h8,10-17,20-21,23,33H,4-7,9,18-19,22H2,1-3H3. The molecule has 2 unspecified atom stereocenters. The molecule has 3 aromatic carbocycles. The molecule has 4 rings (SSSR count). The summed E-state index contributed by atoms with van der Waals surface area (Å²) in [4.78, 5) is 25.0. The van der Waals surface area contributed by atoms with Crippen LogP contribution in [0, 0.1) is 5.92 Å². The van der Waals surface area contributed by atoms with Gasteiger partial charge in [-0.3, -0.25) is 9.59 Å². The zero-order chi connectivity index (χ0) is 28.3. The van der Waals surface area contributed by atoms with Gasteiger partial charge in [0, 0.05) is 12.3 Å². The summed E-state index contributed by atoms with van der Waals surface area (Å²) in [7, 11) is 1.64. The van der Waals surface area contributed by atoms with Gasteiger partial charge in [-0.2, -0.15) is 0 Å². The average molecular weight is 563 g/mol. The van der Waals surface area contributed by atoms with E-state index in [9.17, 15) is 9.59 Å². The van der Waals surface area contributed by atoms with E-state index in [1.807, 2.05) is 73.7 Å². The molecule has 6 nitrogen and oxygen atoms in total. The molecule has 40 heavy (non-hydrogen) atoms. The van der Waals surface area contributed by atoms with Crippen LogP contribution in [0.2, 0.25) is 0 Å². The zero-order valence-electron chi connectivity index (χ0n) is 23.5. The van der Waals surface area contributed by atoms with E-state index < -0.39 is 5.25 Å². The van der Waals surface area contributed by atoms with E-state index in [-0.39, 0.29) is 16.8 Å². The molecular weight excluding hydrogens is 524 g/mol. The molecule has 0 aromatic heterocycles. The fraction of sp³-hybridized carbons (Fsp3) is 0.394. The Labute approximate surface area is 241 Å². The van der Waals surface area contributed by atoms with Crippen LogP contribution in [-0.2, 0) is 16.0 Å². The van der Waals surface area contributed by atoms with Crippen molar-refractivity contribution >= 4 is 22.7 Å². The highest BCUT2D eigenvalue weighted by molar-refractivity contribution is 8.14. The van der Waals surface area contributed by atoms with E-state index in [1.165, 1.54) is 0 Å². The van der Waals surface area contributed by atoms with Crippen molar-refractivity contribution in [2.75, 3.05) is 20.3 Å². The number of ketones is 1. The Balaban J connectivity index is 1.24. The number of benzene rings is 3. The van der Waals surface area contributed by atoms with Gasteiger partial charge in [0.25, 0.3) is 0 Å². The van der Waals surface area contributed by atoms with E-state index in [0.717, 1.165) is 77.3 Å². The van der Waals surface area contributed by atoms with E-state index in [0.29, 0.717) is 26.1 Å². The first-order chi connectivity index (χ1) is 19.5. The van der Waals surface area contributed by atoms with Gasteiger partial charge in [0.05, 0.1) is 25.6 Å². The van der Waals surface area contributed by atoms with Gasteiger partial charge in [0.15, 0.2) is 10.9 Å². The van der Waals surface area contributed by atoms with Crippen LogP contribution >= 0.6 is 11.8 Å². The first-order valence-corrected chi connectivity index (χ1v) is 14.9. The number of thioether (sulfide) groups is 1. The van der Waals surface area contributed by atoms with Crippen molar-refractivity contribution in [1.82, 2.24) is 0 Å². The first kappa shape index (κ1) is 29.5. The highest BCUT2D eigenvalue weighted by Crippen LogP contribution is 2.41. The zero-order valence-corrected chi connectivity index (χ0v) is 24.3. The van der Waals surface area contributed by atoms with Crippen molar-refractivity contribution in [3.63, 3.8) is 0 Å². The minimum Gasteiger partial charge on any atom is -0.497 e. The number of carbonyl (C=O) groups is 2. The van der Waals surface area contributed by atoms with Crippen molar-refractivity contribution in [3.05, 3.63) is 77.9 Å². The molecule has 7 heteroatoms. The second kappa shape index (κ2) is 14.8. The number of ether oxygens (including phenoxy) is 4. The lowest BCUT2D eigenvalue weighted by atomic mass is 9.92. The SMILES string of the molecule is CCCc1cc(Oc2ccc(OC)cc2)ccc1OCCCCOc1cccc(C2SC(=O)CC(CC)C2=O)c1. The maximum absolute atomic E-state index is 12.8. The minimum absolute atomic E-state index is 0.0873. The normalized spacial score (nSPS) is 17.0. The molecule has 0 saturated carbocycles. The average Bonchev–Trinajstić information content (AvgIpc) is 2.97. The molecule has 3 aromatic rings. The molecular formula is C33H38O6S. The summed E-state index contributed by atoms with van der Waals surface area (Å²) >= 11 is 1.14. The van der Waals surface area contributed by atoms with Gasteiger partial charge in [-0.05, 0) is 91.4 Å². The van der Waals surface area contributed by atoms with Gasteiger partial charge in [0.1, 0.15) is 28.7 Å². The van der Waals surface area contributed by atoms with Gasteiger partial charge in [-0.1, -0.05) is 44.2 Å². The summed E-state index contributed by atoms with van der Waals surface area (Å²) < 4.78 is 23.3. The lowest BCUT2D eigenvalue weighted by molar-refractivity contribution is -0.126. The van der Waals surface area contributed by atoms with Crippen LogP contribution in [0.1, 0.15) is 62.3 Å². The van der Waals surface area contributed by atoms with Gasteiger partial charge >= 0.3 is 0 Å². The number of methoxy groups -OCH3 is 1. The van der Waals surface area contributed by atoms with Gasteiger partial charge in [0.2, 0.25) is 0 Å². The van der Waals surface area contributed by atoms with Crippen LogP contribution in [0.15, 0.2) is 66.7 Å². The maximum atomic E-state index is 12.8. The molecule has 0 radical (unpaired) electrons. The highest BCUT2D eigenvalue weighted by atomic mass is 32.2. The number of unbranched alkanes of at least 4 members (excludes halogenated alkanes) is 1. The summed E-state index contributed by atoms with van der Waals surface area (Å²) in [6, 6.07) is 21.1. The predicted octanol–water partition coefficient (Wildman–Crippen LogP) is 7.98. The Hall–Kier alpha value is -3.45. The van der Waals surface area contributed by atoms with Crippen molar-refractivity contribution in [2.24, 2.45) is 5.92 Å². The topological polar surface area (TPSA) is 71.1 Å². The fourth-order valence-corrected chi connectivity index (χ4v) is 5.83. The summed E-state index contributed by atoms with van der Waals surface area (Å²) in [6.07, 6.45) is 4.63. The minimum atomic E-state index is -0.437. The van der Waals surface area contributed by atoms with E-state index in [4.69, 9.17) is 18.9 Å². The fourth-order valence-electron chi connectivity index (χ4n) is 4.68. The van der Waals surface area contributed by atoms with Crippen molar-refractivity contribution in [3.8, 4) is 28.7 Å². The van der Waals surface area contributed by atoms with Crippen LogP contribution in [0.4, 0.5) is 0 Å². The second-order valence-electron chi connectivity index (χ2n) is 9.86. The second-order valence-corrected chi connectivity index (χ2v) is 11.0. The van der Waals surface area contributed by atoms with Crippen LogP contribution in [-0.4, -0.2) is 31.2 Å². The number of carbonyl (C=O) groups excluding carboxylic acids is 2. The molecule has 1 aliphatic heterocycles. The largest absolute Gasteiger partial charge is 0.497 e. The van der Waals surface area contributed by atoms with E-state index in [1.54, 1.807) is 7.11 Å². The number of hydrogen-bond acceptors (Lipinski definition) is 7. The molecule has 0 bridgehead atoms. The smallest absolute Gasteiger partial charge is 0.190 e. The van der Waals surface area contributed by atoms with Crippen LogP contribution in [0.3, 0.4) is 0 Å². The van der Waals surface area contributed by atoms with Gasteiger partial charge in [-0.15, -0.1) is 0 Å². The highest BCUT2D eigenvalue weighted by Gasteiger charge is 2.36. The Bertz CT molecular complexity index is 1270. The maximum Gasteiger partial charge on any atom is 0.190 e. The Morgan fingerprint density at radius 1 is 0.825 bits per heavy atom. The molecule has 212 valence electrons. The Morgan fingerprint density at radius 3 is 2.27 bits per heavy atom. The number of Topliss-reactive ketones (excluding diaryl/α,β-unsaturated/α-hetero) is 1. The molecule has 0 N–H and O–H groups in total. The summed E-state index contributed by atoms with van der Waals surface area (Å²) in [5.74, 6) is 3.88.